The van der Waals surface area contributed by atoms with E-state index in [1.807, 2.05) is 0 Å². The van der Waals surface area contributed by atoms with Crippen LogP contribution in [0, 0.1) is 0 Å². The van der Waals surface area contributed by atoms with Crippen molar-refractivity contribution in [2.24, 2.45) is 4.40 Å². The Balaban J connectivity index is 1.97. The van der Waals surface area contributed by atoms with E-state index in [2.05, 4.69) is 11.0 Å². The van der Waals surface area contributed by atoms with Crippen LogP contribution in [0.15, 0.2) is 83.1 Å². The number of benzene rings is 2. The van der Waals surface area contributed by atoms with Gasteiger partial charge in [-0.25, -0.2) is 9.13 Å². The van der Waals surface area contributed by atoms with Crippen molar-refractivity contribution in [2.75, 3.05) is 0 Å². The van der Waals surface area contributed by atoms with Gasteiger partial charge in [0.15, 0.2) is 11.4 Å². The van der Waals surface area contributed by atoms with Gasteiger partial charge in [-0.05, 0) is 35.6 Å². The number of imidazole rings is 1. The Bertz CT molecular complexity index is 1350. The van der Waals surface area contributed by atoms with E-state index >= 15 is 0 Å². The van der Waals surface area contributed by atoms with Crippen LogP contribution in [-0.2, 0) is 10.0 Å². The first-order valence-corrected chi connectivity index (χ1v) is 10.5. The van der Waals surface area contributed by atoms with Crippen LogP contribution in [0.2, 0.25) is 5.02 Å². The molecule has 9 heteroatoms. The molecule has 0 bridgehead atoms. The highest BCUT2D eigenvalue weighted by Crippen LogP contribution is 2.30. The summed E-state index contributed by atoms with van der Waals surface area (Å²) in [5.74, 6) is -1.17. The zero-order valence-electron chi connectivity index (χ0n) is 15.4. The molecular weight excluding hydrogens is 426 g/mol. The predicted molar refractivity (Wildman–Crippen MR) is 111 cm³/mol. The normalized spacial score (nSPS) is 15.4. The summed E-state index contributed by atoms with van der Waals surface area (Å²) in [5, 5.41) is 13.6. The van der Waals surface area contributed by atoms with Crippen LogP contribution in [0.5, 0.6) is 0 Å². The van der Waals surface area contributed by atoms with Crippen LogP contribution in [-0.4, -0.2) is 24.5 Å². The number of halogens is 1. The van der Waals surface area contributed by atoms with Gasteiger partial charge in [0.05, 0.1) is 11.1 Å². The molecule has 0 N–H and O–H groups in total. The molecule has 0 amide bonds. The van der Waals surface area contributed by atoms with E-state index < -0.39 is 27.3 Å². The molecular formula is C21H14ClN3O4S. The van der Waals surface area contributed by atoms with Gasteiger partial charge in [0.25, 0.3) is 16.4 Å². The summed E-state index contributed by atoms with van der Waals surface area (Å²) < 4.78 is 32.4. The van der Waals surface area contributed by atoms with E-state index in [0.717, 1.165) is 0 Å². The molecule has 2 aromatic carbocycles. The number of sulfonamides is 1. The Morgan fingerprint density at radius 1 is 1.10 bits per heavy atom. The fraction of sp³-hybridized carbons (Fsp3) is 0. The summed E-state index contributed by atoms with van der Waals surface area (Å²) in [6, 6.07) is 11.6. The lowest BCUT2D eigenvalue weighted by Crippen LogP contribution is -2.31. The Morgan fingerprint density at radius 3 is 2.40 bits per heavy atom. The van der Waals surface area contributed by atoms with Crippen LogP contribution in [0.1, 0.15) is 15.9 Å². The van der Waals surface area contributed by atoms with Gasteiger partial charge in [-0.1, -0.05) is 42.4 Å². The zero-order chi connectivity index (χ0) is 21.5. The van der Waals surface area contributed by atoms with Crippen LogP contribution in [0.3, 0.4) is 0 Å². The van der Waals surface area contributed by atoms with E-state index in [1.165, 1.54) is 59.7 Å². The molecule has 150 valence electrons. The highest BCUT2D eigenvalue weighted by Gasteiger charge is 2.33. The van der Waals surface area contributed by atoms with Crippen LogP contribution < -0.4 is 9.67 Å². The minimum absolute atomic E-state index is 0.0973. The molecule has 3 aromatic rings. The minimum atomic E-state index is -4.28. The van der Waals surface area contributed by atoms with Crippen molar-refractivity contribution in [3.05, 3.63) is 90.0 Å². The molecule has 0 atom stereocenters. The van der Waals surface area contributed by atoms with Gasteiger partial charge < -0.3 is 5.11 Å². The van der Waals surface area contributed by atoms with Gasteiger partial charge >= 0.3 is 0 Å². The lowest BCUT2D eigenvalue weighted by molar-refractivity contribution is -0.566. The molecule has 0 aliphatic heterocycles. The highest BCUT2D eigenvalue weighted by molar-refractivity contribution is 7.90. The molecule has 0 saturated heterocycles. The van der Waals surface area contributed by atoms with Gasteiger partial charge in [0, 0.05) is 10.6 Å². The molecule has 0 fully saturated rings. The van der Waals surface area contributed by atoms with E-state index in [-0.39, 0.29) is 21.7 Å². The van der Waals surface area contributed by atoms with Crippen molar-refractivity contribution in [1.82, 2.24) is 4.57 Å². The molecule has 1 aliphatic rings. The Labute approximate surface area is 177 Å². The first-order valence-electron chi connectivity index (χ1n) is 8.70. The summed E-state index contributed by atoms with van der Waals surface area (Å²) in [4.78, 5) is 13.0. The lowest BCUT2D eigenvalue weighted by atomic mass is 9.91. The highest BCUT2D eigenvalue weighted by atomic mass is 35.5. The third kappa shape index (κ3) is 3.36. The van der Waals surface area contributed by atoms with Crippen molar-refractivity contribution in [1.29, 1.82) is 0 Å². The third-order valence-corrected chi connectivity index (χ3v) is 6.06. The topological polar surface area (TPSA) is 95.4 Å². The summed E-state index contributed by atoms with van der Waals surface area (Å²) in [6.45, 7) is 3.64. The van der Waals surface area contributed by atoms with E-state index in [4.69, 9.17) is 11.6 Å². The number of Topliss-reactive ketones (excluding diaryl/α,β-unsaturated/α-hetero) is 1. The number of hydrogen-bond acceptors (Lipinski definition) is 4. The van der Waals surface area contributed by atoms with Gasteiger partial charge in [0.2, 0.25) is 5.78 Å². The average Bonchev–Trinajstić information content (AvgIpc) is 3.21. The number of ketones is 1. The molecule has 30 heavy (non-hydrogen) atoms. The minimum Gasteiger partial charge on any atom is -0.869 e. The number of allylic oxidation sites excluding steroid dienone is 1. The number of rotatable bonds is 4. The second-order valence-electron chi connectivity index (χ2n) is 6.37. The Hall–Kier alpha value is -3.49. The van der Waals surface area contributed by atoms with Crippen molar-refractivity contribution in [3.8, 4) is 0 Å². The Morgan fingerprint density at radius 2 is 1.77 bits per heavy atom. The molecule has 0 spiro atoms. The molecule has 1 aromatic heterocycles. The summed E-state index contributed by atoms with van der Waals surface area (Å²) in [6.07, 6.45) is 6.09. The number of aromatic nitrogens is 2. The van der Waals surface area contributed by atoms with E-state index in [1.54, 1.807) is 22.9 Å². The van der Waals surface area contributed by atoms with Crippen molar-refractivity contribution >= 4 is 50.8 Å². The van der Waals surface area contributed by atoms with Crippen LogP contribution in [0.25, 0.3) is 17.7 Å². The monoisotopic (exact) mass is 439 g/mol. The van der Waals surface area contributed by atoms with Gasteiger partial charge in [0.1, 0.15) is 12.4 Å². The average molecular weight is 440 g/mol. The standard InChI is InChI=1S/C21H14ClN3O4S/c1-2-24-11-12-25(13-24)19-18(20(26)16-5-3-4-6-17(16)21(19)27)23-30(28,29)15-9-7-14(22)8-10-15/h2-13H,1H2. The van der Waals surface area contributed by atoms with Gasteiger partial charge in [-0.2, -0.15) is 12.8 Å². The molecule has 0 unspecified atom stereocenters. The van der Waals surface area contributed by atoms with Crippen molar-refractivity contribution in [3.63, 3.8) is 0 Å². The smallest absolute Gasteiger partial charge is 0.283 e. The fourth-order valence-electron chi connectivity index (χ4n) is 3.06. The number of fused-ring (bicyclic) bond motifs is 1. The number of nitrogens with zero attached hydrogens (tertiary/aromatic N) is 3. The molecule has 0 radical (unpaired) electrons. The van der Waals surface area contributed by atoms with Crippen LogP contribution >= 0.6 is 11.6 Å². The Kier molecular flexibility index (Phi) is 4.89. The maximum Gasteiger partial charge on any atom is 0.283 e. The maximum atomic E-state index is 13.2. The first-order chi connectivity index (χ1) is 14.3. The lowest BCUT2D eigenvalue weighted by Gasteiger charge is -2.24. The summed E-state index contributed by atoms with van der Waals surface area (Å²) >= 11 is 5.82. The molecule has 4 rings (SSSR count). The second-order valence-corrected chi connectivity index (χ2v) is 8.41. The fourth-order valence-corrected chi connectivity index (χ4v) is 4.18. The van der Waals surface area contributed by atoms with Crippen molar-refractivity contribution in [2.45, 2.75) is 4.90 Å². The predicted octanol–water partition coefficient (Wildman–Crippen LogP) is 2.24. The first kappa shape index (κ1) is 19.8. The van der Waals surface area contributed by atoms with Gasteiger partial charge in [-0.15, -0.1) is 0 Å². The molecule has 7 nitrogen and oxygen atoms in total. The number of carbonyl (C=O) groups excluding carboxylic acids is 1. The van der Waals surface area contributed by atoms with E-state index in [9.17, 15) is 18.3 Å². The molecule has 0 saturated carbocycles. The molecule has 1 heterocycles. The van der Waals surface area contributed by atoms with Crippen molar-refractivity contribution < 1.29 is 22.9 Å². The largest absolute Gasteiger partial charge is 0.869 e. The SMILES string of the molecule is C=C[n+]1ccn(C2=C([O-])c3ccccc3C(=O)/C2=N\S(=O)(=O)c2ccc(Cl)cc2)c1. The quantitative estimate of drug-likeness (QED) is 0.582. The second kappa shape index (κ2) is 7.40. The summed E-state index contributed by atoms with van der Waals surface area (Å²) in [7, 11) is -4.28. The van der Waals surface area contributed by atoms with Crippen LogP contribution in [0.4, 0.5) is 0 Å². The number of hydrogen-bond donors (Lipinski definition) is 0. The zero-order valence-corrected chi connectivity index (χ0v) is 17.0. The van der Waals surface area contributed by atoms with E-state index in [0.29, 0.717) is 5.02 Å². The van der Waals surface area contributed by atoms with Gasteiger partial charge in [-0.3, -0.25) is 4.79 Å². The maximum absolute atomic E-state index is 13.2. The number of carbonyl (C=O) groups is 1. The summed E-state index contributed by atoms with van der Waals surface area (Å²) in [5.41, 5.74) is -0.337. The third-order valence-electron chi connectivity index (χ3n) is 4.52. The molecule has 1 aliphatic carbocycles.